The molecule has 0 saturated carbocycles. The maximum atomic E-state index is 6.22. The lowest BCUT2D eigenvalue weighted by Gasteiger charge is -2.25. The Morgan fingerprint density at radius 3 is 2.75 bits per heavy atom. The van der Waals surface area contributed by atoms with Crippen molar-refractivity contribution in [2.24, 2.45) is 5.73 Å². The molecule has 1 aromatic carbocycles. The van der Waals surface area contributed by atoms with Crippen LogP contribution in [0.5, 0.6) is 0 Å². The molecule has 1 rings (SSSR count). The normalized spacial score (nSPS) is 13.1. The minimum atomic E-state index is 0.312. The van der Waals surface area contributed by atoms with E-state index in [1.807, 2.05) is 12.1 Å². The van der Waals surface area contributed by atoms with Gasteiger partial charge in [-0.05, 0) is 51.2 Å². The molecule has 0 bridgehead atoms. The minimum absolute atomic E-state index is 0.312. The third kappa shape index (κ3) is 3.74. The van der Waals surface area contributed by atoms with E-state index in [2.05, 4.69) is 40.9 Å². The van der Waals surface area contributed by atoms with Crippen LogP contribution in [-0.4, -0.2) is 25.0 Å². The highest BCUT2D eigenvalue weighted by atomic mass is 79.9. The summed E-state index contributed by atoms with van der Waals surface area (Å²) in [6, 6.07) is 6.33. The maximum absolute atomic E-state index is 6.22. The number of nitrogens with zero attached hydrogens (tertiary/aromatic N) is 1. The van der Waals surface area contributed by atoms with Crippen molar-refractivity contribution in [1.82, 2.24) is 4.90 Å². The summed E-state index contributed by atoms with van der Waals surface area (Å²) in [4.78, 5) is 2.27. The van der Waals surface area contributed by atoms with Crippen molar-refractivity contribution in [3.63, 3.8) is 0 Å². The van der Waals surface area contributed by atoms with Crippen molar-refractivity contribution in [1.29, 1.82) is 0 Å². The van der Waals surface area contributed by atoms with Gasteiger partial charge in [0, 0.05) is 15.5 Å². The molecule has 0 aliphatic rings. The third-order valence-corrected chi connectivity index (χ3v) is 3.61. The largest absolute Gasteiger partial charge is 0.330 e. The molecule has 0 spiro atoms. The van der Waals surface area contributed by atoms with E-state index in [-0.39, 0.29) is 0 Å². The van der Waals surface area contributed by atoms with Crippen LogP contribution in [0.4, 0.5) is 0 Å². The van der Waals surface area contributed by atoms with Gasteiger partial charge in [-0.2, -0.15) is 0 Å². The molecule has 16 heavy (non-hydrogen) atoms. The van der Waals surface area contributed by atoms with Crippen LogP contribution in [0.15, 0.2) is 22.7 Å². The first kappa shape index (κ1) is 14.0. The summed E-state index contributed by atoms with van der Waals surface area (Å²) < 4.78 is 1.01. The summed E-state index contributed by atoms with van der Waals surface area (Å²) in [5.41, 5.74) is 6.66. The zero-order chi connectivity index (χ0) is 12.1. The van der Waals surface area contributed by atoms with Gasteiger partial charge in [-0.3, -0.25) is 4.90 Å². The van der Waals surface area contributed by atoms with Gasteiger partial charge in [0.15, 0.2) is 0 Å². The van der Waals surface area contributed by atoms with Gasteiger partial charge in [0.2, 0.25) is 0 Å². The lowest BCUT2D eigenvalue weighted by Crippen LogP contribution is -2.25. The molecule has 90 valence electrons. The lowest BCUT2D eigenvalue weighted by molar-refractivity contribution is 0.260. The molecule has 2 nitrogen and oxygen atoms in total. The van der Waals surface area contributed by atoms with Crippen molar-refractivity contribution in [3.8, 4) is 0 Å². The Labute approximate surface area is 111 Å². The molecule has 0 aliphatic heterocycles. The predicted molar refractivity (Wildman–Crippen MR) is 73.9 cm³/mol. The molecule has 0 fully saturated rings. The monoisotopic (exact) mass is 304 g/mol. The highest BCUT2D eigenvalue weighted by molar-refractivity contribution is 9.10. The van der Waals surface area contributed by atoms with Crippen LogP contribution in [-0.2, 0) is 0 Å². The van der Waals surface area contributed by atoms with Crippen LogP contribution in [0.3, 0.4) is 0 Å². The van der Waals surface area contributed by atoms with Gasteiger partial charge in [-0.15, -0.1) is 0 Å². The van der Waals surface area contributed by atoms with E-state index in [1.165, 1.54) is 0 Å². The average molecular weight is 306 g/mol. The summed E-state index contributed by atoms with van der Waals surface area (Å²) in [5, 5.41) is 0.807. The Morgan fingerprint density at radius 1 is 1.50 bits per heavy atom. The van der Waals surface area contributed by atoms with Crippen molar-refractivity contribution in [2.45, 2.75) is 19.4 Å². The number of hydrogen-bond acceptors (Lipinski definition) is 2. The zero-order valence-electron chi connectivity index (χ0n) is 9.71. The van der Waals surface area contributed by atoms with Crippen LogP contribution >= 0.6 is 27.5 Å². The number of rotatable bonds is 5. The summed E-state index contributed by atoms with van der Waals surface area (Å²) in [5.74, 6) is 0. The molecule has 1 aromatic rings. The first-order valence-electron chi connectivity index (χ1n) is 5.41. The fourth-order valence-electron chi connectivity index (χ4n) is 1.61. The fourth-order valence-corrected chi connectivity index (χ4v) is 2.44. The van der Waals surface area contributed by atoms with Gasteiger partial charge in [-0.25, -0.2) is 0 Å². The average Bonchev–Trinajstić information content (AvgIpc) is 2.25. The second-order valence-corrected chi connectivity index (χ2v) is 5.29. The Bertz CT molecular complexity index is 344. The molecule has 0 saturated heterocycles. The van der Waals surface area contributed by atoms with Gasteiger partial charge in [-0.1, -0.05) is 33.6 Å². The third-order valence-electron chi connectivity index (χ3n) is 2.79. The Morgan fingerprint density at radius 2 is 2.19 bits per heavy atom. The van der Waals surface area contributed by atoms with Crippen molar-refractivity contribution in [2.75, 3.05) is 20.1 Å². The standard InChI is InChI=1S/C12H18BrClN2/c1-9(16(2)7-3-6-15)11-5-4-10(13)8-12(11)14/h4-5,8-9H,3,6-7,15H2,1-2H3. The van der Waals surface area contributed by atoms with Gasteiger partial charge in [0.1, 0.15) is 0 Å². The van der Waals surface area contributed by atoms with Crippen LogP contribution in [0.1, 0.15) is 24.9 Å². The molecule has 1 atom stereocenters. The molecule has 4 heteroatoms. The van der Waals surface area contributed by atoms with E-state index in [0.29, 0.717) is 6.04 Å². The minimum Gasteiger partial charge on any atom is -0.330 e. The summed E-state index contributed by atoms with van der Waals surface area (Å²) in [6.07, 6.45) is 1.01. The predicted octanol–water partition coefficient (Wildman–Crippen LogP) is 3.44. The van der Waals surface area contributed by atoms with Crippen LogP contribution in [0.2, 0.25) is 5.02 Å². The van der Waals surface area contributed by atoms with E-state index < -0.39 is 0 Å². The van der Waals surface area contributed by atoms with Crippen LogP contribution < -0.4 is 5.73 Å². The Hall–Kier alpha value is -0.0900. The molecule has 0 amide bonds. The summed E-state index contributed by atoms with van der Waals surface area (Å²) >= 11 is 9.63. The molecular formula is C12H18BrClN2. The first-order valence-corrected chi connectivity index (χ1v) is 6.58. The maximum Gasteiger partial charge on any atom is 0.0464 e. The zero-order valence-corrected chi connectivity index (χ0v) is 12.1. The lowest BCUT2D eigenvalue weighted by atomic mass is 10.1. The smallest absolute Gasteiger partial charge is 0.0464 e. The van der Waals surface area contributed by atoms with Gasteiger partial charge >= 0.3 is 0 Å². The van der Waals surface area contributed by atoms with Gasteiger partial charge < -0.3 is 5.73 Å². The first-order chi connectivity index (χ1) is 7.56. The molecule has 2 N–H and O–H groups in total. The van der Waals surface area contributed by atoms with Gasteiger partial charge in [0.05, 0.1) is 0 Å². The van der Waals surface area contributed by atoms with Crippen LogP contribution in [0, 0.1) is 0 Å². The van der Waals surface area contributed by atoms with E-state index in [0.717, 1.165) is 34.6 Å². The molecule has 0 heterocycles. The SMILES string of the molecule is CC(c1ccc(Br)cc1Cl)N(C)CCCN. The molecular weight excluding hydrogens is 288 g/mol. The van der Waals surface area contributed by atoms with Crippen molar-refractivity contribution >= 4 is 27.5 Å². The topological polar surface area (TPSA) is 29.3 Å². The molecule has 0 radical (unpaired) electrons. The van der Waals surface area contributed by atoms with E-state index >= 15 is 0 Å². The van der Waals surface area contributed by atoms with E-state index in [4.69, 9.17) is 17.3 Å². The second-order valence-electron chi connectivity index (χ2n) is 3.96. The second kappa shape index (κ2) is 6.60. The van der Waals surface area contributed by atoms with Crippen molar-refractivity contribution in [3.05, 3.63) is 33.3 Å². The number of hydrogen-bond donors (Lipinski definition) is 1. The number of halogens is 2. The van der Waals surface area contributed by atoms with Gasteiger partial charge in [0.25, 0.3) is 0 Å². The molecule has 0 aliphatic carbocycles. The number of nitrogens with two attached hydrogens (primary N) is 1. The quantitative estimate of drug-likeness (QED) is 0.903. The Balaban J connectivity index is 2.75. The highest BCUT2D eigenvalue weighted by Gasteiger charge is 2.14. The summed E-state index contributed by atoms with van der Waals surface area (Å²) in [7, 11) is 2.10. The molecule has 1 unspecified atom stereocenters. The van der Waals surface area contributed by atoms with Crippen LogP contribution in [0.25, 0.3) is 0 Å². The Kier molecular flexibility index (Phi) is 5.76. The highest BCUT2D eigenvalue weighted by Crippen LogP contribution is 2.29. The molecule has 0 aromatic heterocycles. The van der Waals surface area contributed by atoms with Crippen molar-refractivity contribution < 1.29 is 0 Å². The summed E-state index contributed by atoms with van der Waals surface area (Å²) in [6.45, 7) is 3.88. The van der Waals surface area contributed by atoms with E-state index in [1.54, 1.807) is 0 Å². The number of benzene rings is 1. The van der Waals surface area contributed by atoms with E-state index in [9.17, 15) is 0 Å². The fraction of sp³-hybridized carbons (Fsp3) is 0.500.